The van der Waals surface area contributed by atoms with Crippen molar-refractivity contribution in [2.24, 2.45) is 0 Å². The van der Waals surface area contributed by atoms with Gasteiger partial charge in [0.15, 0.2) is 10.9 Å². The van der Waals surface area contributed by atoms with Crippen molar-refractivity contribution in [1.82, 2.24) is 19.8 Å². The Hall–Kier alpha value is -2.00. The third-order valence-electron chi connectivity index (χ3n) is 2.57. The number of rotatable bonds is 7. The molecular weight excluding hydrogens is 294 g/mol. The molecule has 0 saturated carbocycles. The summed E-state index contributed by atoms with van der Waals surface area (Å²) in [5.74, 6) is 0.655. The number of aromatic nitrogens is 3. The van der Waals surface area contributed by atoms with E-state index in [0.717, 1.165) is 6.42 Å². The molecule has 0 aromatic carbocycles. The number of hydrogen-bond donors (Lipinski definition) is 2. The molecule has 0 aliphatic heterocycles. The van der Waals surface area contributed by atoms with Gasteiger partial charge in [-0.2, -0.15) is 4.98 Å². The average Bonchev–Trinajstić information content (AvgIpc) is 2.89. The van der Waals surface area contributed by atoms with Gasteiger partial charge in [-0.05, 0) is 25.5 Å². The molecule has 21 heavy (non-hydrogen) atoms. The van der Waals surface area contributed by atoms with E-state index in [-0.39, 0.29) is 17.5 Å². The number of anilines is 1. The van der Waals surface area contributed by atoms with Gasteiger partial charge in [-0.25, -0.2) is 18.1 Å². The lowest BCUT2D eigenvalue weighted by molar-refractivity contribution is 0.372. The Morgan fingerprint density at radius 3 is 2.86 bits per heavy atom. The van der Waals surface area contributed by atoms with Gasteiger partial charge in [-0.1, -0.05) is 12.1 Å². The molecule has 0 aliphatic rings. The lowest BCUT2D eigenvalue weighted by Crippen LogP contribution is -2.25. The number of nitrogens with one attached hydrogen (secondary N) is 2. The molecule has 0 bridgehead atoms. The molecule has 2 rings (SSSR count). The summed E-state index contributed by atoms with van der Waals surface area (Å²) in [6.07, 6.45) is 2.31. The number of sulfonamides is 1. The van der Waals surface area contributed by atoms with Crippen molar-refractivity contribution in [3.8, 4) is 0 Å². The number of nitrogens with zero attached hydrogens (tertiary/aromatic N) is 3. The zero-order chi connectivity index (χ0) is 15.3. The Bertz CT molecular complexity index is 698. The van der Waals surface area contributed by atoms with Gasteiger partial charge in [-0.3, -0.25) is 0 Å². The first kappa shape index (κ1) is 15.4. The molecule has 0 atom stereocenters. The maximum absolute atomic E-state index is 12.3. The van der Waals surface area contributed by atoms with Crippen LogP contribution in [0.2, 0.25) is 0 Å². The van der Waals surface area contributed by atoms with Crippen LogP contribution in [0.5, 0.6) is 0 Å². The average molecular weight is 311 g/mol. The summed E-state index contributed by atoms with van der Waals surface area (Å²) in [5, 5.41) is 6.59. The van der Waals surface area contributed by atoms with Crippen molar-refractivity contribution in [3.05, 3.63) is 30.0 Å². The third kappa shape index (κ3) is 3.99. The van der Waals surface area contributed by atoms with E-state index in [1.165, 1.54) is 6.20 Å². The van der Waals surface area contributed by atoms with Gasteiger partial charge >= 0.3 is 0 Å². The largest absolute Gasteiger partial charge is 0.383 e. The van der Waals surface area contributed by atoms with Crippen LogP contribution < -0.4 is 10.0 Å². The van der Waals surface area contributed by atoms with E-state index in [9.17, 15) is 8.42 Å². The zero-order valence-corrected chi connectivity index (χ0v) is 12.6. The van der Waals surface area contributed by atoms with E-state index in [1.54, 1.807) is 19.1 Å². The van der Waals surface area contributed by atoms with Crippen molar-refractivity contribution in [1.29, 1.82) is 0 Å². The van der Waals surface area contributed by atoms with Crippen LogP contribution in [0.3, 0.4) is 0 Å². The van der Waals surface area contributed by atoms with E-state index < -0.39 is 10.0 Å². The Kier molecular flexibility index (Phi) is 4.86. The number of hydrogen-bond acceptors (Lipinski definition) is 7. The first-order chi connectivity index (χ1) is 10.0. The van der Waals surface area contributed by atoms with E-state index in [2.05, 4.69) is 25.2 Å². The summed E-state index contributed by atoms with van der Waals surface area (Å²) in [7, 11) is -3.76. The molecule has 2 N–H and O–H groups in total. The van der Waals surface area contributed by atoms with Crippen molar-refractivity contribution < 1.29 is 12.9 Å². The number of pyridine rings is 1. The van der Waals surface area contributed by atoms with Crippen LogP contribution in [0, 0.1) is 6.92 Å². The maximum Gasteiger partial charge on any atom is 0.260 e. The summed E-state index contributed by atoms with van der Waals surface area (Å²) in [4.78, 5) is 7.88. The molecule has 8 nitrogen and oxygen atoms in total. The first-order valence-electron chi connectivity index (χ1n) is 6.50. The lowest BCUT2D eigenvalue weighted by atomic mass is 10.4. The van der Waals surface area contributed by atoms with Gasteiger partial charge in [0.2, 0.25) is 5.89 Å². The van der Waals surface area contributed by atoms with Gasteiger partial charge < -0.3 is 9.84 Å². The lowest BCUT2D eigenvalue weighted by Gasteiger charge is -2.10. The van der Waals surface area contributed by atoms with E-state index in [1.807, 2.05) is 6.92 Å². The molecular formula is C12H17N5O3S. The van der Waals surface area contributed by atoms with Crippen LogP contribution in [0.1, 0.15) is 25.1 Å². The molecule has 0 fully saturated rings. The van der Waals surface area contributed by atoms with Crippen LogP contribution in [-0.4, -0.2) is 30.1 Å². The molecule has 0 spiro atoms. The van der Waals surface area contributed by atoms with Crippen LogP contribution in [0.25, 0.3) is 0 Å². The fourth-order valence-corrected chi connectivity index (χ4v) is 2.72. The summed E-state index contributed by atoms with van der Waals surface area (Å²) < 4.78 is 31.8. The molecule has 0 unspecified atom stereocenters. The van der Waals surface area contributed by atoms with Crippen molar-refractivity contribution >= 4 is 15.7 Å². The third-order valence-corrected chi connectivity index (χ3v) is 3.93. The van der Waals surface area contributed by atoms with Crippen LogP contribution in [0.15, 0.2) is 27.9 Å². The van der Waals surface area contributed by atoms with Crippen LogP contribution >= 0.6 is 0 Å². The topological polar surface area (TPSA) is 110 Å². The van der Waals surface area contributed by atoms with Gasteiger partial charge in [0, 0.05) is 12.7 Å². The molecule has 2 aromatic rings. The normalized spacial score (nSPS) is 11.5. The predicted molar refractivity (Wildman–Crippen MR) is 76.1 cm³/mol. The second kappa shape index (κ2) is 6.64. The molecule has 2 aromatic heterocycles. The van der Waals surface area contributed by atoms with Gasteiger partial charge in [0.25, 0.3) is 10.0 Å². The summed E-state index contributed by atoms with van der Waals surface area (Å²) in [6, 6.07) is 3.35. The molecule has 0 saturated heterocycles. The van der Waals surface area contributed by atoms with Crippen molar-refractivity contribution in [2.75, 3.05) is 11.9 Å². The molecule has 0 radical (unpaired) electrons. The maximum atomic E-state index is 12.3. The first-order valence-corrected chi connectivity index (χ1v) is 7.99. The van der Waals surface area contributed by atoms with Gasteiger partial charge in [-0.15, -0.1) is 0 Å². The highest BCUT2D eigenvalue weighted by Crippen LogP contribution is 2.18. The Labute approximate surface area is 123 Å². The summed E-state index contributed by atoms with van der Waals surface area (Å²) >= 11 is 0. The minimum absolute atomic E-state index is 0.0466. The quantitative estimate of drug-likeness (QED) is 0.787. The zero-order valence-electron chi connectivity index (χ0n) is 11.8. The summed E-state index contributed by atoms with van der Waals surface area (Å²) in [5.41, 5.74) is 0.466. The Morgan fingerprint density at radius 2 is 2.19 bits per heavy atom. The van der Waals surface area contributed by atoms with Crippen LogP contribution in [-0.2, 0) is 16.6 Å². The monoisotopic (exact) mass is 311 g/mol. The minimum Gasteiger partial charge on any atom is -0.383 e. The second-order valence-corrected chi connectivity index (χ2v) is 6.03. The highest BCUT2D eigenvalue weighted by atomic mass is 32.2. The molecule has 0 aliphatic carbocycles. The number of aryl methyl sites for hydroxylation is 1. The molecule has 0 amide bonds. The van der Waals surface area contributed by atoms with Crippen molar-refractivity contribution in [2.45, 2.75) is 31.8 Å². The highest BCUT2D eigenvalue weighted by molar-refractivity contribution is 7.89. The molecule has 9 heteroatoms. The standard InChI is InChI=1S/C12H17N5O3S/c1-3-6-13-10-5-4-7-14-12(10)21(18,19)15-8-11-16-9(2)17-20-11/h4-5,7,13,15H,3,6,8H2,1-2H3. The van der Waals surface area contributed by atoms with E-state index >= 15 is 0 Å². The van der Waals surface area contributed by atoms with E-state index in [4.69, 9.17) is 4.52 Å². The van der Waals surface area contributed by atoms with Gasteiger partial charge in [0.05, 0.1) is 12.2 Å². The fourth-order valence-electron chi connectivity index (χ4n) is 1.64. The fraction of sp³-hybridized carbons (Fsp3) is 0.417. The Balaban J connectivity index is 2.15. The van der Waals surface area contributed by atoms with Gasteiger partial charge in [0.1, 0.15) is 0 Å². The smallest absolute Gasteiger partial charge is 0.260 e. The van der Waals surface area contributed by atoms with Crippen molar-refractivity contribution in [3.63, 3.8) is 0 Å². The van der Waals surface area contributed by atoms with E-state index in [0.29, 0.717) is 18.1 Å². The SMILES string of the molecule is CCCNc1cccnc1S(=O)(=O)NCc1nc(C)no1. The summed E-state index contributed by atoms with van der Waals surface area (Å²) in [6.45, 7) is 4.24. The molecule has 114 valence electrons. The van der Waals surface area contributed by atoms with Crippen LogP contribution in [0.4, 0.5) is 5.69 Å². The molecule has 2 heterocycles. The Morgan fingerprint density at radius 1 is 1.38 bits per heavy atom. The second-order valence-electron chi connectivity index (χ2n) is 4.34. The highest BCUT2D eigenvalue weighted by Gasteiger charge is 2.20. The minimum atomic E-state index is -3.76. The predicted octanol–water partition coefficient (Wildman–Crippen LogP) is 1.07.